The van der Waals surface area contributed by atoms with Crippen LogP contribution in [0.4, 0.5) is 0 Å². The molecule has 0 bridgehead atoms. The molecule has 3 rings (SSSR count). The highest BCUT2D eigenvalue weighted by atomic mass is 35.5. The van der Waals surface area contributed by atoms with Crippen molar-refractivity contribution in [3.63, 3.8) is 0 Å². The Balaban J connectivity index is 1.80. The molecule has 2 N–H and O–H groups in total. The second-order valence-corrected chi connectivity index (χ2v) is 5.91. The SMILES string of the molecule is NC(CCC1CCCO1)c1ccc(Cl)c2ccccc12. The van der Waals surface area contributed by atoms with Crippen LogP contribution < -0.4 is 5.73 Å². The van der Waals surface area contributed by atoms with Crippen LogP contribution in [0.1, 0.15) is 37.3 Å². The molecule has 0 saturated carbocycles. The average Bonchev–Trinajstić information content (AvgIpc) is 2.99. The van der Waals surface area contributed by atoms with Gasteiger partial charge in [0.2, 0.25) is 0 Å². The lowest BCUT2D eigenvalue weighted by Crippen LogP contribution is -2.14. The number of hydrogen-bond acceptors (Lipinski definition) is 2. The first-order chi connectivity index (χ1) is 9.75. The summed E-state index contributed by atoms with van der Waals surface area (Å²) in [6, 6.07) is 12.2. The predicted octanol–water partition coefficient (Wildman–Crippen LogP) is 4.45. The normalized spacial score (nSPS) is 20.4. The highest BCUT2D eigenvalue weighted by Gasteiger charge is 2.18. The number of rotatable bonds is 4. The highest BCUT2D eigenvalue weighted by molar-refractivity contribution is 6.35. The fraction of sp³-hybridized carbons (Fsp3) is 0.412. The van der Waals surface area contributed by atoms with E-state index in [2.05, 4.69) is 12.1 Å². The Labute approximate surface area is 124 Å². The summed E-state index contributed by atoms with van der Waals surface area (Å²) in [7, 11) is 0. The van der Waals surface area contributed by atoms with Crippen LogP contribution in [0.15, 0.2) is 36.4 Å². The van der Waals surface area contributed by atoms with Crippen LogP contribution in [0.3, 0.4) is 0 Å². The molecule has 1 saturated heterocycles. The average molecular weight is 290 g/mol. The predicted molar refractivity (Wildman–Crippen MR) is 84.1 cm³/mol. The van der Waals surface area contributed by atoms with Crippen molar-refractivity contribution >= 4 is 22.4 Å². The first-order valence-corrected chi connectivity index (χ1v) is 7.68. The van der Waals surface area contributed by atoms with E-state index in [1.807, 2.05) is 24.3 Å². The number of halogens is 1. The molecule has 1 fully saturated rings. The van der Waals surface area contributed by atoms with Gasteiger partial charge in [-0.2, -0.15) is 0 Å². The van der Waals surface area contributed by atoms with Gasteiger partial charge < -0.3 is 10.5 Å². The Hall–Kier alpha value is -1.09. The van der Waals surface area contributed by atoms with Gasteiger partial charge in [-0.3, -0.25) is 0 Å². The highest BCUT2D eigenvalue weighted by Crippen LogP contribution is 2.31. The summed E-state index contributed by atoms with van der Waals surface area (Å²) < 4.78 is 5.67. The molecule has 2 atom stereocenters. The van der Waals surface area contributed by atoms with Gasteiger partial charge in [0.1, 0.15) is 0 Å². The van der Waals surface area contributed by atoms with E-state index in [0.717, 1.165) is 29.9 Å². The van der Waals surface area contributed by atoms with Crippen molar-refractivity contribution in [1.29, 1.82) is 0 Å². The lowest BCUT2D eigenvalue weighted by molar-refractivity contribution is 0.101. The summed E-state index contributed by atoms with van der Waals surface area (Å²) in [5, 5.41) is 3.04. The van der Waals surface area contributed by atoms with Crippen LogP contribution in [-0.2, 0) is 4.74 Å². The molecular weight excluding hydrogens is 270 g/mol. The summed E-state index contributed by atoms with van der Waals surface area (Å²) >= 11 is 6.25. The third-order valence-corrected chi connectivity index (χ3v) is 4.46. The van der Waals surface area contributed by atoms with E-state index in [1.54, 1.807) is 0 Å². The number of benzene rings is 2. The molecule has 2 aromatic rings. The van der Waals surface area contributed by atoms with Crippen molar-refractivity contribution < 1.29 is 4.74 Å². The maximum Gasteiger partial charge on any atom is 0.0576 e. The Morgan fingerprint density at radius 1 is 1.20 bits per heavy atom. The third-order valence-electron chi connectivity index (χ3n) is 4.13. The topological polar surface area (TPSA) is 35.2 Å². The molecule has 1 aliphatic heterocycles. The van der Waals surface area contributed by atoms with E-state index in [-0.39, 0.29) is 6.04 Å². The largest absolute Gasteiger partial charge is 0.378 e. The fourth-order valence-electron chi connectivity index (χ4n) is 3.00. The van der Waals surface area contributed by atoms with Gasteiger partial charge in [0.15, 0.2) is 0 Å². The van der Waals surface area contributed by atoms with E-state index < -0.39 is 0 Å². The maximum absolute atomic E-state index is 6.39. The molecule has 2 nitrogen and oxygen atoms in total. The molecular formula is C17H20ClNO. The van der Waals surface area contributed by atoms with Crippen molar-refractivity contribution in [3.05, 3.63) is 47.0 Å². The van der Waals surface area contributed by atoms with Crippen molar-refractivity contribution in [1.82, 2.24) is 0 Å². The number of fused-ring (bicyclic) bond motifs is 1. The minimum absolute atomic E-state index is 0.0429. The molecule has 0 aliphatic carbocycles. The number of hydrogen-bond donors (Lipinski definition) is 1. The molecule has 0 spiro atoms. The fourth-order valence-corrected chi connectivity index (χ4v) is 3.23. The smallest absolute Gasteiger partial charge is 0.0576 e. The van der Waals surface area contributed by atoms with Crippen molar-refractivity contribution in [2.45, 2.75) is 37.8 Å². The molecule has 2 unspecified atom stereocenters. The molecule has 0 amide bonds. The zero-order valence-corrected chi connectivity index (χ0v) is 12.3. The monoisotopic (exact) mass is 289 g/mol. The minimum atomic E-state index is 0.0429. The van der Waals surface area contributed by atoms with Crippen LogP contribution in [-0.4, -0.2) is 12.7 Å². The lowest BCUT2D eigenvalue weighted by atomic mass is 9.95. The molecule has 3 heteroatoms. The van der Waals surface area contributed by atoms with Crippen LogP contribution >= 0.6 is 11.6 Å². The number of nitrogens with two attached hydrogens (primary N) is 1. The summed E-state index contributed by atoms with van der Waals surface area (Å²) in [5.74, 6) is 0. The van der Waals surface area contributed by atoms with Gasteiger partial charge in [-0.1, -0.05) is 41.9 Å². The van der Waals surface area contributed by atoms with E-state index in [1.165, 1.54) is 23.8 Å². The molecule has 20 heavy (non-hydrogen) atoms. The first kappa shape index (κ1) is 13.9. The van der Waals surface area contributed by atoms with Gasteiger partial charge in [-0.25, -0.2) is 0 Å². The van der Waals surface area contributed by atoms with Gasteiger partial charge in [0.25, 0.3) is 0 Å². The Bertz CT molecular complexity index is 593. The Kier molecular flexibility index (Phi) is 4.25. The first-order valence-electron chi connectivity index (χ1n) is 7.30. The van der Waals surface area contributed by atoms with Crippen LogP contribution in [0, 0.1) is 0 Å². The van der Waals surface area contributed by atoms with Gasteiger partial charge in [0, 0.05) is 23.1 Å². The van der Waals surface area contributed by atoms with Crippen LogP contribution in [0.5, 0.6) is 0 Å². The molecule has 2 aromatic carbocycles. The van der Waals surface area contributed by atoms with Crippen LogP contribution in [0.25, 0.3) is 10.8 Å². The minimum Gasteiger partial charge on any atom is -0.378 e. The summed E-state index contributed by atoms with van der Waals surface area (Å²) in [6.07, 6.45) is 4.76. The van der Waals surface area contributed by atoms with Crippen molar-refractivity contribution in [3.8, 4) is 0 Å². The zero-order valence-electron chi connectivity index (χ0n) is 11.5. The van der Waals surface area contributed by atoms with E-state index in [9.17, 15) is 0 Å². The van der Waals surface area contributed by atoms with E-state index >= 15 is 0 Å². The molecule has 1 heterocycles. The van der Waals surface area contributed by atoms with Gasteiger partial charge >= 0.3 is 0 Å². The van der Waals surface area contributed by atoms with Gasteiger partial charge in [0.05, 0.1) is 6.10 Å². The van der Waals surface area contributed by atoms with Crippen LogP contribution in [0.2, 0.25) is 5.02 Å². The zero-order chi connectivity index (χ0) is 13.9. The quantitative estimate of drug-likeness (QED) is 0.902. The Morgan fingerprint density at radius 2 is 2.00 bits per heavy atom. The number of ether oxygens (including phenoxy) is 1. The van der Waals surface area contributed by atoms with Gasteiger partial charge in [-0.05, 0) is 42.7 Å². The molecule has 106 valence electrons. The van der Waals surface area contributed by atoms with E-state index in [4.69, 9.17) is 22.1 Å². The Morgan fingerprint density at radius 3 is 2.75 bits per heavy atom. The van der Waals surface area contributed by atoms with Gasteiger partial charge in [-0.15, -0.1) is 0 Å². The molecule has 0 aromatic heterocycles. The second-order valence-electron chi connectivity index (χ2n) is 5.50. The van der Waals surface area contributed by atoms with Crippen molar-refractivity contribution in [2.75, 3.05) is 6.61 Å². The molecule has 0 radical (unpaired) electrons. The van der Waals surface area contributed by atoms with E-state index in [0.29, 0.717) is 6.10 Å². The standard InChI is InChI=1S/C17H20ClNO/c18-16-9-8-15(13-5-1-2-6-14(13)16)17(19)10-7-12-4-3-11-20-12/h1-2,5-6,8-9,12,17H,3-4,7,10-11,19H2. The third kappa shape index (κ3) is 2.83. The maximum atomic E-state index is 6.39. The summed E-state index contributed by atoms with van der Waals surface area (Å²) in [5.41, 5.74) is 7.57. The van der Waals surface area contributed by atoms with Crippen molar-refractivity contribution in [2.24, 2.45) is 5.73 Å². The second kappa shape index (κ2) is 6.13. The summed E-state index contributed by atoms with van der Waals surface area (Å²) in [4.78, 5) is 0. The lowest BCUT2D eigenvalue weighted by Gasteiger charge is -2.17. The summed E-state index contributed by atoms with van der Waals surface area (Å²) in [6.45, 7) is 0.907. The molecule has 1 aliphatic rings.